The molecule has 0 bridgehead atoms. The summed E-state index contributed by atoms with van der Waals surface area (Å²) >= 11 is 0. The minimum absolute atomic E-state index is 0.0646. The van der Waals surface area contributed by atoms with Crippen LogP contribution in [-0.4, -0.2) is 29.2 Å². The molecule has 1 heterocycles. The van der Waals surface area contributed by atoms with Gasteiger partial charge in [-0.1, -0.05) is 31.0 Å². The molecule has 3 amide bonds. The topological polar surface area (TPSA) is 66.5 Å². The number of carbonyl (C=O) groups excluding carboxylic acids is 3. The van der Waals surface area contributed by atoms with Crippen molar-refractivity contribution in [3.8, 4) is 0 Å². The van der Waals surface area contributed by atoms with E-state index in [0.717, 1.165) is 44.1 Å². The number of imide groups is 1. The number of rotatable bonds is 5. The molecule has 0 aromatic heterocycles. The SMILES string of the molecule is C[C@@H](NC(=O)CCN1C(=O)[C@H]2CCCC[C@H]2C1=O)c1ccc2c(c1)CCCC2. The van der Waals surface area contributed by atoms with Crippen molar-refractivity contribution in [2.45, 2.75) is 70.8 Å². The highest BCUT2D eigenvalue weighted by atomic mass is 16.2. The second-order valence-corrected chi connectivity index (χ2v) is 8.60. The van der Waals surface area contributed by atoms with Crippen molar-refractivity contribution in [3.63, 3.8) is 0 Å². The fourth-order valence-electron chi connectivity index (χ4n) is 5.08. The van der Waals surface area contributed by atoms with Gasteiger partial charge in [-0.2, -0.15) is 0 Å². The van der Waals surface area contributed by atoms with E-state index in [4.69, 9.17) is 0 Å². The van der Waals surface area contributed by atoms with Crippen LogP contribution in [0, 0.1) is 11.8 Å². The number of aryl methyl sites for hydroxylation is 2. The van der Waals surface area contributed by atoms with Gasteiger partial charge in [0.15, 0.2) is 0 Å². The van der Waals surface area contributed by atoms with Gasteiger partial charge in [0.25, 0.3) is 0 Å². The lowest BCUT2D eigenvalue weighted by Gasteiger charge is -2.20. The standard InChI is InChI=1S/C23H30N2O3/c1-15(17-11-10-16-6-2-3-7-18(16)14-17)24-21(26)12-13-25-22(27)19-8-4-5-9-20(19)23(25)28/h10-11,14-15,19-20H,2-9,12-13H2,1H3,(H,24,26)/t15-,19-,20+/m1/s1. The van der Waals surface area contributed by atoms with Crippen LogP contribution in [0.25, 0.3) is 0 Å². The second-order valence-electron chi connectivity index (χ2n) is 8.60. The third-order valence-electron chi connectivity index (χ3n) is 6.74. The number of amides is 3. The van der Waals surface area contributed by atoms with Crippen molar-refractivity contribution in [1.82, 2.24) is 10.2 Å². The number of hydrogen-bond acceptors (Lipinski definition) is 3. The highest BCUT2D eigenvalue weighted by Gasteiger charge is 2.47. The van der Waals surface area contributed by atoms with Crippen molar-refractivity contribution in [1.29, 1.82) is 0 Å². The van der Waals surface area contributed by atoms with Gasteiger partial charge in [0.1, 0.15) is 0 Å². The summed E-state index contributed by atoms with van der Waals surface area (Å²) in [5, 5.41) is 3.03. The van der Waals surface area contributed by atoms with Crippen LogP contribution in [0.5, 0.6) is 0 Å². The zero-order valence-electron chi connectivity index (χ0n) is 16.7. The summed E-state index contributed by atoms with van der Waals surface area (Å²) in [6, 6.07) is 6.44. The molecule has 2 aliphatic carbocycles. The summed E-state index contributed by atoms with van der Waals surface area (Å²) in [5.41, 5.74) is 3.95. The molecule has 0 radical (unpaired) electrons. The average molecular weight is 383 g/mol. The highest BCUT2D eigenvalue weighted by molar-refractivity contribution is 6.05. The minimum Gasteiger partial charge on any atom is -0.350 e. The third kappa shape index (κ3) is 3.71. The molecule has 4 rings (SSSR count). The van der Waals surface area contributed by atoms with Crippen molar-refractivity contribution in [2.75, 3.05) is 6.54 Å². The lowest BCUT2D eigenvalue weighted by molar-refractivity contribution is -0.140. The van der Waals surface area contributed by atoms with Crippen molar-refractivity contribution >= 4 is 17.7 Å². The number of fused-ring (bicyclic) bond motifs is 2. The van der Waals surface area contributed by atoms with Crippen LogP contribution in [0.1, 0.15) is 74.6 Å². The van der Waals surface area contributed by atoms with E-state index >= 15 is 0 Å². The number of nitrogens with one attached hydrogen (secondary N) is 1. The number of likely N-dealkylation sites (tertiary alicyclic amines) is 1. The van der Waals surface area contributed by atoms with E-state index in [-0.39, 0.29) is 48.6 Å². The number of nitrogens with zero attached hydrogens (tertiary/aromatic N) is 1. The predicted molar refractivity (Wildman–Crippen MR) is 106 cm³/mol. The van der Waals surface area contributed by atoms with Gasteiger partial charge in [-0.3, -0.25) is 19.3 Å². The molecule has 0 unspecified atom stereocenters. The van der Waals surface area contributed by atoms with E-state index in [9.17, 15) is 14.4 Å². The summed E-state index contributed by atoms with van der Waals surface area (Å²) in [6.45, 7) is 2.19. The molecule has 5 nitrogen and oxygen atoms in total. The van der Waals surface area contributed by atoms with E-state index in [1.54, 1.807) is 0 Å². The molecule has 5 heteroatoms. The summed E-state index contributed by atoms with van der Waals surface area (Å²) in [4.78, 5) is 38.8. The van der Waals surface area contributed by atoms with Crippen molar-refractivity contribution in [2.24, 2.45) is 11.8 Å². The van der Waals surface area contributed by atoms with Gasteiger partial charge in [0.05, 0.1) is 17.9 Å². The molecule has 0 spiro atoms. The van der Waals surface area contributed by atoms with Crippen LogP contribution in [0.15, 0.2) is 18.2 Å². The largest absolute Gasteiger partial charge is 0.350 e. The summed E-state index contributed by atoms with van der Waals surface area (Å²) < 4.78 is 0. The normalized spacial score (nSPS) is 25.2. The van der Waals surface area contributed by atoms with E-state index in [1.807, 2.05) is 6.92 Å². The molecule has 1 saturated carbocycles. The number of benzene rings is 1. The molecule has 1 saturated heterocycles. The Balaban J connectivity index is 1.32. The fourth-order valence-corrected chi connectivity index (χ4v) is 5.08. The van der Waals surface area contributed by atoms with Gasteiger partial charge >= 0.3 is 0 Å². The molecule has 1 aromatic carbocycles. The maximum absolute atomic E-state index is 12.5. The highest BCUT2D eigenvalue weighted by Crippen LogP contribution is 2.38. The van der Waals surface area contributed by atoms with Crippen LogP contribution < -0.4 is 5.32 Å². The van der Waals surface area contributed by atoms with Gasteiger partial charge in [-0.25, -0.2) is 0 Å². The van der Waals surface area contributed by atoms with E-state index in [2.05, 4.69) is 23.5 Å². The molecule has 1 N–H and O–H groups in total. The Morgan fingerprint density at radius 1 is 1.04 bits per heavy atom. The third-order valence-corrected chi connectivity index (χ3v) is 6.74. The minimum atomic E-state index is -0.140. The number of carbonyl (C=O) groups is 3. The molecular formula is C23H30N2O3. The smallest absolute Gasteiger partial charge is 0.233 e. The summed E-state index contributed by atoms with van der Waals surface area (Å²) in [6.07, 6.45) is 8.60. The van der Waals surface area contributed by atoms with Gasteiger partial charge in [0.2, 0.25) is 17.7 Å². The fraction of sp³-hybridized carbons (Fsp3) is 0.609. The zero-order valence-corrected chi connectivity index (χ0v) is 16.7. The van der Waals surface area contributed by atoms with Crippen LogP contribution in [0.3, 0.4) is 0 Å². The Morgan fingerprint density at radius 3 is 2.36 bits per heavy atom. The molecular weight excluding hydrogens is 352 g/mol. The summed E-state index contributed by atoms with van der Waals surface area (Å²) in [7, 11) is 0. The maximum Gasteiger partial charge on any atom is 0.233 e. The average Bonchev–Trinajstić information content (AvgIpc) is 2.96. The molecule has 1 aliphatic heterocycles. The monoisotopic (exact) mass is 382 g/mol. The lowest BCUT2D eigenvalue weighted by Crippen LogP contribution is -2.36. The van der Waals surface area contributed by atoms with Crippen LogP contribution >= 0.6 is 0 Å². The Morgan fingerprint density at radius 2 is 1.68 bits per heavy atom. The first-order valence-corrected chi connectivity index (χ1v) is 10.8. The summed E-state index contributed by atoms with van der Waals surface area (Å²) in [5.74, 6) is -0.520. The van der Waals surface area contributed by atoms with Crippen LogP contribution in [0.4, 0.5) is 0 Å². The molecule has 1 aromatic rings. The Hall–Kier alpha value is -2.17. The Kier molecular flexibility index (Phi) is 5.51. The van der Waals surface area contributed by atoms with Gasteiger partial charge in [0, 0.05) is 13.0 Å². The zero-order chi connectivity index (χ0) is 19.7. The van der Waals surface area contributed by atoms with Crippen LogP contribution in [-0.2, 0) is 27.2 Å². The first-order valence-electron chi connectivity index (χ1n) is 10.8. The molecule has 28 heavy (non-hydrogen) atoms. The molecule has 150 valence electrons. The van der Waals surface area contributed by atoms with E-state index in [1.165, 1.54) is 28.9 Å². The van der Waals surface area contributed by atoms with Crippen LogP contribution in [0.2, 0.25) is 0 Å². The molecule has 3 aliphatic rings. The quantitative estimate of drug-likeness (QED) is 0.795. The van der Waals surface area contributed by atoms with Gasteiger partial charge < -0.3 is 5.32 Å². The number of hydrogen-bond donors (Lipinski definition) is 1. The van der Waals surface area contributed by atoms with Gasteiger partial charge in [-0.15, -0.1) is 0 Å². The van der Waals surface area contributed by atoms with Crippen molar-refractivity contribution < 1.29 is 14.4 Å². The van der Waals surface area contributed by atoms with E-state index in [0.29, 0.717) is 0 Å². The predicted octanol–water partition coefficient (Wildman–Crippen LogP) is 3.31. The second kappa shape index (κ2) is 8.06. The Labute approximate surface area is 166 Å². The van der Waals surface area contributed by atoms with E-state index < -0.39 is 0 Å². The van der Waals surface area contributed by atoms with Gasteiger partial charge in [-0.05, 0) is 62.1 Å². The maximum atomic E-state index is 12.5. The lowest BCUT2D eigenvalue weighted by atomic mass is 9.81. The molecule has 2 fully saturated rings. The van der Waals surface area contributed by atoms with Crippen molar-refractivity contribution in [3.05, 3.63) is 34.9 Å². The first-order chi connectivity index (χ1) is 13.5. The first kappa shape index (κ1) is 19.2. The Bertz CT molecular complexity index is 764. The molecule has 3 atom stereocenters.